The minimum Gasteiger partial charge on any atom is -0.330 e. The Morgan fingerprint density at radius 1 is 1.22 bits per heavy atom. The van der Waals surface area contributed by atoms with Gasteiger partial charge in [0.25, 0.3) is 0 Å². The summed E-state index contributed by atoms with van der Waals surface area (Å²) in [6, 6.07) is 14.5. The summed E-state index contributed by atoms with van der Waals surface area (Å²) < 4.78 is 0. The summed E-state index contributed by atoms with van der Waals surface area (Å²) in [5.74, 6) is 0. The number of piperazine rings is 1. The first kappa shape index (κ1) is 22.7. The third-order valence-corrected chi connectivity index (χ3v) is 6.53. The summed E-state index contributed by atoms with van der Waals surface area (Å²) in [6.45, 7) is 4.86. The van der Waals surface area contributed by atoms with Crippen LogP contribution in [-0.4, -0.2) is 66.1 Å². The molecule has 1 aliphatic carbocycles. The van der Waals surface area contributed by atoms with E-state index in [2.05, 4.69) is 21.6 Å². The first-order valence-electron chi connectivity index (χ1n) is 12.0. The van der Waals surface area contributed by atoms with Crippen molar-refractivity contribution in [2.75, 3.05) is 44.6 Å². The van der Waals surface area contributed by atoms with Crippen LogP contribution in [0.5, 0.6) is 0 Å². The molecule has 1 aliphatic heterocycles. The molecule has 0 spiro atoms. The zero-order valence-electron chi connectivity index (χ0n) is 18.9. The van der Waals surface area contributed by atoms with Crippen molar-refractivity contribution in [1.29, 1.82) is 0 Å². The van der Waals surface area contributed by atoms with Gasteiger partial charge in [-0.15, -0.1) is 0 Å². The number of amides is 2. The summed E-state index contributed by atoms with van der Waals surface area (Å²) in [5.41, 5.74) is 9.23. The van der Waals surface area contributed by atoms with E-state index >= 15 is 0 Å². The van der Waals surface area contributed by atoms with Crippen LogP contribution in [0.2, 0.25) is 0 Å². The Morgan fingerprint density at radius 3 is 2.94 bits per heavy atom. The lowest BCUT2D eigenvalue weighted by atomic mass is 9.90. The van der Waals surface area contributed by atoms with Gasteiger partial charge >= 0.3 is 6.03 Å². The molecule has 0 bridgehead atoms. The minimum absolute atomic E-state index is 0.0259. The van der Waals surface area contributed by atoms with Gasteiger partial charge in [-0.05, 0) is 69.0 Å². The Hall–Kier alpha value is -2.48. The van der Waals surface area contributed by atoms with E-state index in [-0.39, 0.29) is 12.1 Å². The van der Waals surface area contributed by atoms with Gasteiger partial charge in [0.05, 0.1) is 11.7 Å². The van der Waals surface area contributed by atoms with Gasteiger partial charge in [-0.25, -0.2) is 4.79 Å². The van der Waals surface area contributed by atoms with Gasteiger partial charge in [0.15, 0.2) is 0 Å². The fourth-order valence-corrected chi connectivity index (χ4v) is 4.91. The highest BCUT2D eigenvalue weighted by Crippen LogP contribution is 2.33. The van der Waals surface area contributed by atoms with Gasteiger partial charge in [0.1, 0.15) is 0 Å². The molecular formula is C25H36N6O. The maximum atomic E-state index is 12.8. The van der Waals surface area contributed by atoms with Crippen LogP contribution in [0.1, 0.15) is 43.0 Å². The third-order valence-electron chi connectivity index (χ3n) is 6.53. The number of aromatic nitrogens is 1. The van der Waals surface area contributed by atoms with Crippen LogP contribution in [0.25, 0.3) is 0 Å². The van der Waals surface area contributed by atoms with E-state index in [4.69, 9.17) is 10.7 Å². The van der Waals surface area contributed by atoms with Crippen molar-refractivity contribution in [3.63, 3.8) is 0 Å². The van der Waals surface area contributed by atoms with E-state index in [1.54, 1.807) is 0 Å². The molecule has 1 fully saturated rings. The number of anilines is 1. The molecule has 4 rings (SSSR count). The number of nitrogens with two attached hydrogens (primary N) is 1. The fraction of sp³-hybridized carbons (Fsp3) is 0.520. The number of hydrogen-bond donors (Lipinski definition) is 3. The average molecular weight is 437 g/mol. The van der Waals surface area contributed by atoms with E-state index in [9.17, 15) is 4.79 Å². The number of carbonyl (C=O) groups excluding carboxylic acids is 1. The van der Waals surface area contributed by atoms with Crippen LogP contribution >= 0.6 is 0 Å². The van der Waals surface area contributed by atoms with Crippen LogP contribution in [-0.2, 0) is 6.42 Å². The molecule has 2 aliphatic rings. The van der Waals surface area contributed by atoms with Crippen molar-refractivity contribution in [2.45, 2.75) is 44.2 Å². The normalized spacial score (nSPS) is 20.8. The lowest BCUT2D eigenvalue weighted by Gasteiger charge is -2.40. The van der Waals surface area contributed by atoms with Crippen LogP contribution in [0.3, 0.4) is 0 Å². The molecule has 0 unspecified atom stereocenters. The lowest BCUT2D eigenvalue weighted by molar-refractivity contribution is 0.127. The van der Waals surface area contributed by atoms with Gasteiger partial charge in [0.2, 0.25) is 0 Å². The van der Waals surface area contributed by atoms with E-state index < -0.39 is 0 Å². The monoisotopic (exact) mass is 436 g/mol. The number of urea groups is 1. The molecule has 172 valence electrons. The molecular weight excluding hydrogens is 400 g/mol. The first-order valence-corrected chi connectivity index (χ1v) is 12.0. The Kier molecular flexibility index (Phi) is 8.09. The minimum atomic E-state index is -0.0259. The van der Waals surface area contributed by atoms with E-state index in [1.807, 2.05) is 47.5 Å². The third kappa shape index (κ3) is 5.85. The summed E-state index contributed by atoms with van der Waals surface area (Å²) in [7, 11) is 0. The molecule has 4 N–H and O–H groups in total. The highest BCUT2D eigenvalue weighted by molar-refractivity contribution is 5.89. The summed E-state index contributed by atoms with van der Waals surface area (Å²) in [5, 5.41) is 6.67. The predicted molar refractivity (Wildman–Crippen MR) is 129 cm³/mol. The number of unbranched alkanes of at least 4 members (excludes halogenated alkanes) is 1. The van der Waals surface area contributed by atoms with Crippen molar-refractivity contribution < 1.29 is 4.79 Å². The van der Waals surface area contributed by atoms with Gasteiger partial charge in [-0.3, -0.25) is 9.88 Å². The van der Waals surface area contributed by atoms with Crippen molar-refractivity contribution in [3.8, 4) is 0 Å². The Morgan fingerprint density at radius 2 is 2.09 bits per heavy atom. The number of rotatable bonds is 8. The van der Waals surface area contributed by atoms with Gasteiger partial charge < -0.3 is 21.3 Å². The quantitative estimate of drug-likeness (QED) is 0.554. The van der Waals surface area contributed by atoms with Crippen molar-refractivity contribution in [1.82, 2.24) is 20.1 Å². The molecule has 2 amide bonds. The molecule has 2 heterocycles. The average Bonchev–Trinajstić information content (AvgIpc) is 2.84. The zero-order chi connectivity index (χ0) is 22.2. The van der Waals surface area contributed by atoms with E-state index in [1.165, 1.54) is 17.7 Å². The Bertz CT molecular complexity index is 861. The molecule has 0 radical (unpaired) electrons. The Labute approximate surface area is 191 Å². The van der Waals surface area contributed by atoms with Gasteiger partial charge in [-0.2, -0.15) is 0 Å². The van der Waals surface area contributed by atoms with Crippen LogP contribution in [0.15, 0.2) is 48.7 Å². The zero-order valence-corrected chi connectivity index (χ0v) is 18.9. The molecule has 7 nitrogen and oxygen atoms in total. The maximum absolute atomic E-state index is 12.8. The molecule has 32 heavy (non-hydrogen) atoms. The number of pyridine rings is 1. The number of fused-ring (bicyclic) bond motifs is 1. The number of hydrogen-bond acceptors (Lipinski definition) is 5. The second-order valence-electron chi connectivity index (χ2n) is 8.84. The van der Waals surface area contributed by atoms with E-state index in [0.717, 1.165) is 64.1 Å². The number of aryl methyl sites for hydroxylation is 1. The van der Waals surface area contributed by atoms with Crippen molar-refractivity contribution in [2.24, 2.45) is 5.73 Å². The van der Waals surface area contributed by atoms with Crippen LogP contribution < -0.4 is 16.4 Å². The molecule has 7 heteroatoms. The Balaban J connectivity index is 1.42. The number of benzene rings is 1. The van der Waals surface area contributed by atoms with Crippen molar-refractivity contribution >= 4 is 11.7 Å². The number of nitrogens with zero attached hydrogens (tertiary/aromatic N) is 3. The van der Waals surface area contributed by atoms with Gasteiger partial charge in [0, 0.05) is 44.1 Å². The topological polar surface area (TPSA) is 86.5 Å². The van der Waals surface area contributed by atoms with Crippen molar-refractivity contribution in [3.05, 3.63) is 59.9 Å². The molecule has 1 aromatic carbocycles. The van der Waals surface area contributed by atoms with Crippen LogP contribution in [0, 0.1) is 0 Å². The number of nitrogens with one attached hydrogen (secondary N) is 2. The maximum Gasteiger partial charge on any atom is 0.321 e. The van der Waals surface area contributed by atoms with Gasteiger partial charge in [-0.1, -0.05) is 24.3 Å². The molecule has 1 saturated heterocycles. The molecule has 2 atom stereocenters. The summed E-state index contributed by atoms with van der Waals surface area (Å²) in [6.07, 6.45) is 7.48. The molecule has 0 saturated carbocycles. The SMILES string of the molecule is NCCCCN(C[C@H]1CN(C(=O)Nc2ccccc2)CCN1)[C@H]1CCCc2cccnc21. The predicted octanol–water partition coefficient (Wildman–Crippen LogP) is 3.01. The summed E-state index contributed by atoms with van der Waals surface area (Å²) in [4.78, 5) is 22.1. The fourth-order valence-electron chi connectivity index (χ4n) is 4.91. The second-order valence-corrected chi connectivity index (χ2v) is 8.84. The highest BCUT2D eigenvalue weighted by Gasteiger charge is 2.31. The van der Waals surface area contributed by atoms with E-state index in [0.29, 0.717) is 12.6 Å². The number of carbonyl (C=O) groups is 1. The number of para-hydroxylation sites is 1. The highest BCUT2D eigenvalue weighted by atomic mass is 16.2. The lowest BCUT2D eigenvalue weighted by Crippen LogP contribution is -2.57. The summed E-state index contributed by atoms with van der Waals surface area (Å²) >= 11 is 0. The molecule has 1 aromatic heterocycles. The standard InChI is InChI=1S/C25H36N6O/c26-13-4-5-16-30(23-12-6-8-20-9-7-14-28-24(20)23)18-22-19-31(17-15-27-22)25(32)29-21-10-2-1-3-11-21/h1-3,7,9-11,14,22-23,27H,4-6,8,12-13,15-19,26H2,(H,29,32)/t22-,23-/m0/s1. The smallest absolute Gasteiger partial charge is 0.321 e. The first-order chi connectivity index (χ1) is 15.7. The van der Waals surface area contributed by atoms with Crippen LogP contribution in [0.4, 0.5) is 10.5 Å². The molecule has 2 aromatic rings. The largest absolute Gasteiger partial charge is 0.330 e. The second kappa shape index (κ2) is 11.4.